The zero-order valence-corrected chi connectivity index (χ0v) is 14.2. The molecule has 1 aliphatic heterocycles. The fourth-order valence-electron chi connectivity index (χ4n) is 2.85. The van der Waals surface area contributed by atoms with E-state index in [1.807, 2.05) is 0 Å². The predicted molar refractivity (Wildman–Crippen MR) is 89.1 cm³/mol. The molecule has 0 aliphatic carbocycles. The van der Waals surface area contributed by atoms with Crippen molar-refractivity contribution in [1.29, 1.82) is 0 Å². The van der Waals surface area contributed by atoms with Crippen molar-refractivity contribution >= 4 is 38.3 Å². The Labute approximate surface area is 144 Å². The Morgan fingerprint density at radius 1 is 1.42 bits per heavy atom. The second kappa shape index (κ2) is 6.64. The lowest BCUT2D eigenvalue weighted by molar-refractivity contribution is -0.124. The Morgan fingerprint density at radius 3 is 2.96 bits per heavy atom. The highest BCUT2D eigenvalue weighted by molar-refractivity contribution is 7.89. The van der Waals surface area contributed by atoms with E-state index < -0.39 is 22.5 Å². The van der Waals surface area contributed by atoms with Gasteiger partial charge in [-0.15, -0.1) is 0 Å². The number of fused-ring (bicyclic) bond motifs is 1. The molecule has 2 aromatic rings. The molecule has 3 rings (SSSR count). The summed E-state index contributed by atoms with van der Waals surface area (Å²) in [6.45, 7) is -0.167. The summed E-state index contributed by atoms with van der Waals surface area (Å²) >= 11 is 6.16. The van der Waals surface area contributed by atoms with Gasteiger partial charge in [0.25, 0.3) is 0 Å². The molecule has 0 unspecified atom stereocenters. The van der Waals surface area contributed by atoms with Gasteiger partial charge < -0.3 is 10.4 Å². The molecule has 1 aliphatic rings. The van der Waals surface area contributed by atoms with E-state index in [9.17, 15) is 13.2 Å². The molecule has 1 aromatic heterocycles. The van der Waals surface area contributed by atoms with Gasteiger partial charge in [-0.2, -0.15) is 4.31 Å². The monoisotopic (exact) mass is 369 g/mol. The summed E-state index contributed by atoms with van der Waals surface area (Å²) in [4.78, 5) is 15.4. The fourth-order valence-corrected chi connectivity index (χ4v) is 4.91. The van der Waals surface area contributed by atoms with E-state index in [1.165, 1.54) is 16.6 Å². The van der Waals surface area contributed by atoms with Crippen molar-refractivity contribution < 1.29 is 18.3 Å². The minimum Gasteiger partial charge on any atom is -0.387 e. The van der Waals surface area contributed by atoms with Crippen molar-refractivity contribution in [3.8, 4) is 0 Å². The maximum absolute atomic E-state index is 13.0. The summed E-state index contributed by atoms with van der Waals surface area (Å²) in [5, 5.41) is 12.7. The van der Waals surface area contributed by atoms with E-state index in [-0.39, 0.29) is 29.0 Å². The molecule has 9 heteroatoms. The second-order valence-electron chi connectivity index (χ2n) is 5.55. The minimum atomic E-state index is -3.76. The smallest absolute Gasteiger partial charge is 0.245 e. The Bertz CT molecular complexity index is 882. The zero-order valence-electron chi connectivity index (χ0n) is 12.6. The molecule has 2 N–H and O–H groups in total. The first-order chi connectivity index (χ1) is 11.4. The van der Waals surface area contributed by atoms with Crippen LogP contribution in [0.15, 0.2) is 35.5 Å². The van der Waals surface area contributed by atoms with Crippen LogP contribution in [0.1, 0.15) is 6.42 Å². The van der Waals surface area contributed by atoms with Crippen LogP contribution in [0.2, 0.25) is 5.02 Å². The van der Waals surface area contributed by atoms with Crippen molar-refractivity contribution in [2.24, 2.45) is 0 Å². The van der Waals surface area contributed by atoms with Crippen molar-refractivity contribution in [3.63, 3.8) is 0 Å². The Hall–Kier alpha value is -1.74. The van der Waals surface area contributed by atoms with Gasteiger partial charge >= 0.3 is 0 Å². The van der Waals surface area contributed by atoms with Crippen molar-refractivity contribution in [3.05, 3.63) is 35.6 Å². The van der Waals surface area contributed by atoms with Gasteiger partial charge in [-0.1, -0.05) is 23.7 Å². The van der Waals surface area contributed by atoms with Crippen molar-refractivity contribution in [2.45, 2.75) is 17.4 Å². The van der Waals surface area contributed by atoms with E-state index in [2.05, 4.69) is 10.3 Å². The number of pyridine rings is 1. The van der Waals surface area contributed by atoms with Crippen molar-refractivity contribution in [1.82, 2.24) is 14.6 Å². The highest BCUT2D eigenvalue weighted by Crippen LogP contribution is 2.31. The van der Waals surface area contributed by atoms with Gasteiger partial charge in [0.05, 0.1) is 9.92 Å². The van der Waals surface area contributed by atoms with Gasteiger partial charge in [-0.05, 0) is 12.5 Å². The summed E-state index contributed by atoms with van der Waals surface area (Å²) in [5.74, 6) is -0.515. The van der Waals surface area contributed by atoms with Gasteiger partial charge in [0, 0.05) is 42.3 Å². The molecule has 24 heavy (non-hydrogen) atoms. The summed E-state index contributed by atoms with van der Waals surface area (Å²) in [7, 11) is -3.76. The predicted octanol–water partition coefficient (Wildman–Crippen LogP) is 0.760. The molecule has 128 valence electrons. The van der Waals surface area contributed by atoms with Crippen LogP contribution < -0.4 is 5.32 Å². The third-order valence-electron chi connectivity index (χ3n) is 3.98. The number of rotatable bonds is 4. The van der Waals surface area contributed by atoms with E-state index >= 15 is 0 Å². The molecular weight excluding hydrogens is 354 g/mol. The third-order valence-corrected chi connectivity index (χ3v) is 6.17. The number of aromatic nitrogens is 1. The number of aliphatic hydroxyl groups excluding tert-OH is 1. The number of nitrogens with one attached hydrogen (secondary N) is 1. The minimum absolute atomic E-state index is 0.126. The van der Waals surface area contributed by atoms with Gasteiger partial charge in [-0.3, -0.25) is 9.78 Å². The lowest BCUT2D eigenvalue weighted by Gasteiger charge is -2.18. The number of amides is 1. The first-order valence-electron chi connectivity index (χ1n) is 7.36. The summed E-state index contributed by atoms with van der Waals surface area (Å²) in [6.07, 6.45) is 3.47. The fraction of sp³-hybridized carbons (Fsp3) is 0.333. The molecule has 0 radical (unpaired) electrons. The lowest BCUT2D eigenvalue weighted by Crippen LogP contribution is -2.39. The number of hydrogen-bond donors (Lipinski definition) is 2. The lowest BCUT2D eigenvalue weighted by atomic mass is 10.2. The Morgan fingerprint density at radius 2 is 2.21 bits per heavy atom. The molecule has 1 atom stereocenters. The largest absolute Gasteiger partial charge is 0.387 e. The van der Waals surface area contributed by atoms with Gasteiger partial charge in [0.1, 0.15) is 6.61 Å². The number of carbonyl (C=O) groups is 1. The van der Waals surface area contributed by atoms with Crippen LogP contribution in [0, 0.1) is 0 Å². The normalized spacial score (nSPS) is 18.8. The van der Waals surface area contributed by atoms with Gasteiger partial charge in [0.15, 0.2) is 0 Å². The summed E-state index contributed by atoms with van der Waals surface area (Å²) < 4.78 is 27.3. The Balaban J connectivity index is 1.94. The topological polar surface area (TPSA) is 99.6 Å². The average Bonchev–Trinajstić information content (AvgIpc) is 3.03. The first kappa shape index (κ1) is 17.1. The highest BCUT2D eigenvalue weighted by Gasteiger charge is 2.34. The first-order valence-corrected chi connectivity index (χ1v) is 9.18. The molecule has 1 amide bonds. The maximum Gasteiger partial charge on any atom is 0.245 e. The molecule has 2 heterocycles. The third kappa shape index (κ3) is 3.10. The number of aliphatic hydroxyl groups is 1. The van der Waals surface area contributed by atoms with Crippen LogP contribution in [0.3, 0.4) is 0 Å². The number of carbonyl (C=O) groups excluding carboxylic acids is 1. The number of benzene rings is 1. The van der Waals surface area contributed by atoms with Crippen LogP contribution >= 0.6 is 11.6 Å². The molecule has 1 fully saturated rings. The van der Waals surface area contributed by atoms with Crippen LogP contribution in [0.25, 0.3) is 10.8 Å². The molecular formula is C15H16ClN3O4S. The van der Waals surface area contributed by atoms with Gasteiger partial charge in [-0.25, -0.2) is 8.42 Å². The molecule has 7 nitrogen and oxygen atoms in total. The molecule has 0 spiro atoms. The number of sulfonamides is 1. The number of hydrogen-bond acceptors (Lipinski definition) is 5. The van der Waals surface area contributed by atoms with E-state index in [1.54, 1.807) is 18.3 Å². The standard InChI is InChI=1S/C15H16ClN3O4S/c16-12-7-17-6-10-2-1-3-13(15(10)12)24(22,23)19-5-4-11(8-19)18-14(21)9-20/h1-3,6-7,11,20H,4-5,8-9H2,(H,18,21)/t11-/m1/s1. The maximum atomic E-state index is 13.0. The van der Waals surface area contributed by atoms with E-state index in [0.29, 0.717) is 17.2 Å². The van der Waals surface area contributed by atoms with Crippen LogP contribution in [-0.2, 0) is 14.8 Å². The van der Waals surface area contributed by atoms with E-state index in [4.69, 9.17) is 16.7 Å². The molecule has 0 saturated carbocycles. The van der Waals surface area contributed by atoms with Gasteiger partial charge in [0.2, 0.25) is 15.9 Å². The number of halogens is 1. The van der Waals surface area contributed by atoms with Crippen LogP contribution in [0.4, 0.5) is 0 Å². The SMILES string of the molecule is O=C(CO)N[C@@H]1CCN(S(=O)(=O)c2cccc3cncc(Cl)c23)C1. The Kier molecular flexibility index (Phi) is 4.73. The second-order valence-corrected chi connectivity index (χ2v) is 7.86. The highest BCUT2D eigenvalue weighted by atomic mass is 35.5. The van der Waals surface area contributed by atoms with Crippen molar-refractivity contribution in [2.75, 3.05) is 19.7 Å². The zero-order chi connectivity index (χ0) is 17.3. The molecule has 1 aromatic carbocycles. The average molecular weight is 370 g/mol. The van der Waals surface area contributed by atoms with Crippen LogP contribution in [0.5, 0.6) is 0 Å². The summed E-state index contributed by atoms with van der Waals surface area (Å²) in [6, 6.07) is 4.60. The quantitative estimate of drug-likeness (QED) is 0.828. The molecule has 0 bridgehead atoms. The van der Waals surface area contributed by atoms with E-state index in [0.717, 1.165) is 0 Å². The molecule has 1 saturated heterocycles. The number of nitrogens with zero attached hydrogens (tertiary/aromatic N) is 2. The van der Waals surface area contributed by atoms with Crippen LogP contribution in [-0.4, -0.2) is 54.5 Å². The summed E-state index contributed by atoms with van der Waals surface area (Å²) in [5.41, 5.74) is 0.